The van der Waals surface area contributed by atoms with E-state index in [0.29, 0.717) is 71.6 Å². The summed E-state index contributed by atoms with van der Waals surface area (Å²) in [5.74, 6) is 0.837. The molecule has 3 aromatic heterocycles. The molecule has 0 radical (unpaired) electrons. The molecular formula is C24H18F4N6O. The summed E-state index contributed by atoms with van der Waals surface area (Å²) in [6, 6.07) is 9.01. The molecule has 35 heavy (non-hydrogen) atoms. The maximum atomic E-state index is 14.2. The molecule has 0 unspecified atom stereocenters. The molecule has 5 heterocycles. The quantitative estimate of drug-likeness (QED) is 0.385. The second kappa shape index (κ2) is 8.03. The van der Waals surface area contributed by atoms with Gasteiger partial charge < -0.3 is 14.5 Å². The van der Waals surface area contributed by atoms with Crippen LogP contribution in [-0.2, 0) is 19.1 Å². The highest BCUT2D eigenvalue weighted by Gasteiger charge is 2.33. The standard InChI is InChI=1S/C24H18F4N6O/c25-16-3-4-19-17(11-16)21(32-23(31-19)34-8-9-35-22-20(34)2-1-6-29-22)33-7-5-18-14(13-33)10-15(12-30-18)24(26,27)28/h1-4,6,10-12H,5,7-9,13H2. The summed E-state index contributed by atoms with van der Waals surface area (Å²) >= 11 is 0. The zero-order chi connectivity index (χ0) is 24.2. The lowest BCUT2D eigenvalue weighted by atomic mass is 10.0. The molecule has 2 aliphatic rings. The minimum atomic E-state index is -4.49. The van der Waals surface area contributed by atoms with E-state index in [1.165, 1.54) is 12.1 Å². The van der Waals surface area contributed by atoms with Crippen molar-refractivity contribution in [1.82, 2.24) is 19.9 Å². The van der Waals surface area contributed by atoms with Crippen LogP contribution >= 0.6 is 0 Å². The Hall–Kier alpha value is -4.02. The Labute approximate surface area is 197 Å². The first kappa shape index (κ1) is 21.5. The topological polar surface area (TPSA) is 67.3 Å². The van der Waals surface area contributed by atoms with Gasteiger partial charge in [0.25, 0.3) is 0 Å². The second-order valence-electron chi connectivity index (χ2n) is 8.34. The SMILES string of the molecule is Fc1ccc2nc(N3CCOc4ncccc43)nc(N3CCc4ncc(C(F)(F)F)cc4C3)c2c1. The molecule has 1 aromatic carbocycles. The van der Waals surface area contributed by atoms with Crippen molar-refractivity contribution in [2.45, 2.75) is 19.1 Å². The molecule has 178 valence electrons. The highest BCUT2D eigenvalue weighted by atomic mass is 19.4. The molecule has 2 aliphatic heterocycles. The Morgan fingerprint density at radius 2 is 1.89 bits per heavy atom. The highest BCUT2D eigenvalue weighted by Crippen LogP contribution is 2.37. The number of anilines is 3. The number of hydrogen-bond acceptors (Lipinski definition) is 7. The smallest absolute Gasteiger partial charge is 0.417 e. The largest absolute Gasteiger partial charge is 0.474 e. The van der Waals surface area contributed by atoms with Crippen LogP contribution in [0.4, 0.5) is 35.0 Å². The molecular weight excluding hydrogens is 464 g/mol. The Morgan fingerprint density at radius 3 is 2.74 bits per heavy atom. The van der Waals surface area contributed by atoms with Gasteiger partial charge in [0.2, 0.25) is 11.8 Å². The number of benzene rings is 1. The van der Waals surface area contributed by atoms with Gasteiger partial charge in [0, 0.05) is 43.0 Å². The van der Waals surface area contributed by atoms with E-state index in [0.717, 1.165) is 12.3 Å². The first-order valence-electron chi connectivity index (χ1n) is 11.0. The predicted octanol–water partition coefficient (Wildman–Crippen LogP) is 4.67. The Morgan fingerprint density at radius 1 is 1.00 bits per heavy atom. The maximum absolute atomic E-state index is 14.2. The van der Waals surface area contributed by atoms with E-state index >= 15 is 0 Å². The van der Waals surface area contributed by atoms with Crippen molar-refractivity contribution < 1.29 is 22.3 Å². The summed E-state index contributed by atoms with van der Waals surface area (Å²) in [6.07, 6.45) is -1.55. The number of alkyl halides is 3. The van der Waals surface area contributed by atoms with Gasteiger partial charge in [-0.1, -0.05) is 0 Å². The van der Waals surface area contributed by atoms with E-state index in [1.54, 1.807) is 18.3 Å². The molecule has 0 spiro atoms. The van der Waals surface area contributed by atoms with Crippen LogP contribution in [0.2, 0.25) is 0 Å². The highest BCUT2D eigenvalue weighted by molar-refractivity contribution is 5.91. The molecule has 6 rings (SSSR count). The average molecular weight is 482 g/mol. The van der Waals surface area contributed by atoms with Crippen LogP contribution in [-0.4, -0.2) is 39.6 Å². The number of fused-ring (bicyclic) bond motifs is 3. The van der Waals surface area contributed by atoms with Crippen LogP contribution in [0.25, 0.3) is 10.9 Å². The first-order chi connectivity index (χ1) is 16.9. The maximum Gasteiger partial charge on any atom is 0.417 e. The third kappa shape index (κ3) is 3.86. The molecule has 0 fully saturated rings. The minimum absolute atomic E-state index is 0.162. The van der Waals surface area contributed by atoms with Crippen molar-refractivity contribution in [2.24, 2.45) is 0 Å². The lowest BCUT2D eigenvalue weighted by molar-refractivity contribution is -0.137. The van der Waals surface area contributed by atoms with Gasteiger partial charge >= 0.3 is 6.18 Å². The van der Waals surface area contributed by atoms with Crippen LogP contribution in [0.15, 0.2) is 48.8 Å². The molecule has 0 atom stereocenters. The molecule has 4 aromatic rings. The molecule has 7 nitrogen and oxygen atoms in total. The molecule has 0 aliphatic carbocycles. The van der Waals surface area contributed by atoms with Gasteiger partial charge in [0.05, 0.1) is 17.6 Å². The van der Waals surface area contributed by atoms with Gasteiger partial charge in [-0.15, -0.1) is 0 Å². The third-order valence-electron chi connectivity index (χ3n) is 6.13. The summed E-state index contributed by atoms with van der Waals surface area (Å²) < 4.78 is 59.7. The van der Waals surface area contributed by atoms with Crippen molar-refractivity contribution in [3.8, 4) is 5.88 Å². The Bertz CT molecular complexity index is 1440. The molecule has 11 heteroatoms. The van der Waals surface area contributed by atoms with Crippen LogP contribution in [0.5, 0.6) is 5.88 Å². The number of ether oxygens (including phenoxy) is 1. The fraction of sp³-hybridized carbons (Fsp3) is 0.250. The fourth-order valence-electron chi connectivity index (χ4n) is 4.46. The monoisotopic (exact) mass is 482 g/mol. The number of aromatic nitrogens is 4. The van der Waals surface area contributed by atoms with Crippen molar-refractivity contribution in [3.05, 3.63) is 71.4 Å². The van der Waals surface area contributed by atoms with E-state index < -0.39 is 17.6 Å². The van der Waals surface area contributed by atoms with Gasteiger partial charge in [-0.3, -0.25) is 4.98 Å². The fourth-order valence-corrected chi connectivity index (χ4v) is 4.46. The van der Waals surface area contributed by atoms with E-state index in [1.807, 2.05) is 15.9 Å². The minimum Gasteiger partial charge on any atom is -0.474 e. The Balaban J connectivity index is 1.46. The van der Waals surface area contributed by atoms with Crippen LogP contribution in [0.1, 0.15) is 16.8 Å². The van der Waals surface area contributed by atoms with Gasteiger partial charge in [0.15, 0.2) is 0 Å². The number of halogens is 4. The number of hydrogen-bond donors (Lipinski definition) is 0. The first-order valence-corrected chi connectivity index (χ1v) is 11.0. The van der Waals surface area contributed by atoms with Gasteiger partial charge in [-0.25, -0.2) is 14.4 Å². The third-order valence-corrected chi connectivity index (χ3v) is 6.13. The zero-order valence-corrected chi connectivity index (χ0v) is 18.3. The lowest BCUT2D eigenvalue weighted by Crippen LogP contribution is -2.34. The van der Waals surface area contributed by atoms with Crippen LogP contribution in [0.3, 0.4) is 0 Å². The number of rotatable bonds is 2. The normalized spacial score (nSPS) is 15.5. The van der Waals surface area contributed by atoms with E-state index in [4.69, 9.17) is 9.72 Å². The summed E-state index contributed by atoms with van der Waals surface area (Å²) in [5, 5.41) is 0.483. The van der Waals surface area contributed by atoms with E-state index in [2.05, 4.69) is 15.0 Å². The van der Waals surface area contributed by atoms with Crippen LogP contribution in [0, 0.1) is 5.82 Å². The number of pyridine rings is 2. The van der Waals surface area contributed by atoms with Crippen molar-refractivity contribution >= 4 is 28.4 Å². The predicted molar refractivity (Wildman–Crippen MR) is 120 cm³/mol. The average Bonchev–Trinajstić information content (AvgIpc) is 2.86. The lowest BCUT2D eigenvalue weighted by Gasteiger charge is -2.32. The summed E-state index contributed by atoms with van der Waals surface area (Å²) in [6.45, 7) is 1.49. The number of nitrogens with zero attached hydrogens (tertiary/aromatic N) is 6. The van der Waals surface area contributed by atoms with Crippen molar-refractivity contribution in [1.29, 1.82) is 0 Å². The zero-order valence-electron chi connectivity index (χ0n) is 18.3. The molecule has 0 amide bonds. The molecule has 0 N–H and O–H groups in total. The van der Waals surface area contributed by atoms with Gasteiger partial charge in [0.1, 0.15) is 23.9 Å². The summed E-state index contributed by atoms with van der Waals surface area (Å²) in [7, 11) is 0. The second-order valence-corrected chi connectivity index (χ2v) is 8.34. The van der Waals surface area contributed by atoms with Crippen molar-refractivity contribution in [2.75, 3.05) is 29.5 Å². The molecule has 0 saturated heterocycles. The van der Waals surface area contributed by atoms with Gasteiger partial charge in [-0.05, 0) is 42.0 Å². The van der Waals surface area contributed by atoms with E-state index in [-0.39, 0.29) is 6.54 Å². The van der Waals surface area contributed by atoms with E-state index in [9.17, 15) is 17.6 Å². The summed E-state index contributed by atoms with van der Waals surface area (Å²) in [4.78, 5) is 21.5. The van der Waals surface area contributed by atoms with Gasteiger partial charge in [-0.2, -0.15) is 18.2 Å². The summed E-state index contributed by atoms with van der Waals surface area (Å²) in [5.41, 5.74) is 1.52. The van der Waals surface area contributed by atoms with Crippen molar-refractivity contribution in [3.63, 3.8) is 0 Å². The molecule has 0 saturated carbocycles. The Kier molecular flexibility index (Phi) is 4.94. The molecule has 0 bridgehead atoms. The van der Waals surface area contributed by atoms with Crippen LogP contribution < -0.4 is 14.5 Å².